The molecule has 0 spiro atoms. The van der Waals surface area contributed by atoms with Gasteiger partial charge in [0, 0.05) is 18.9 Å². The first kappa shape index (κ1) is 14.0. The van der Waals surface area contributed by atoms with Crippen LogP contribution in [0.3, 0.4) is 0 Å². The van der Waals surface area contributed by atoms with Crippen LogP contribution in [0.1, 0.15) is 18.6 Å². The van der Waals surface area contributed by atoms with Gasteiger partial charge in [0.05, 0.1) is 22.5 Å². The predicted molar refractivity (Wildman–Crippen MR) is 66.3 cm³/mol. The highest BCUT2D eigenvalue weighted by Crippen LogP contribution is 2.31. The van der Waals surface area contributed by atoms with E-state index in [4.69, 9.17) is 4.74 Å². The van der Waals surface area contributed by atoms with Crippen molar-refractivity contribution < 1.29 is 14.8 Å². The standard InChI is InChI=1S/C11H15NO4S/c1-8(13)9-3-4-11(17-6-5-16-2)10(7-9)12(14)15/h3-4,7-8,13H,5-6H2,1-2H3/t8-/m0/s1. The summed E-state index contributed by atoms with van der Waals surface area (Å²) >= 11 is 1.37. The van der Waals surface area contributed by atoms with Crippen molar-refractivity contribution >= 4 is 17.4 Å². The molecule has 1 atom stereocenters. The van der Waals surface area contributed by atoms with Crippen molar-refractivity contribution in [2.24, 2.45) is 0 Å². The zero-order valence-corrected chi connectivity index (χ0v) is 10.6. The van der Waals surface area contributed by atoms with Gasteiger partial charge in [-0.25, -0.2) is 0 Å². The van der Waals surface area contributed by atoms with E-state index in [9.17, 15) is 15.2 Å². The number of benzene rings is 1. The zero-order valence-electron chi connectivity index (χ0n) is 9.75. The van der Waals surface area contributed by atoms with Crippen molar-refractivity contribution in [3.05, 3.63) is 33.9 Å². The van der Waals surface area contributed by atoms with Crippen LogP contribution in [0.2, 0.25) is 0 Å². The number of nitrogens with zero attached hydrogens (tertiary/aromatic N) is 1. The van der Waals surface area contributed by atoms with Crippen molar-refractivity contribution in [1.29, 1.82) is 0 Å². The van der Waals surface area contributed by atoms with Crippen LogP contribution in [0, 0.1) is 10.1 Å². The maximum Gasteiger partial charge on any atom is 0.283 e. The fourth-order valence-electron chi connectivity index (χ4n) is 1.29. The summed E-state index contributed by atoms with van der Waals surface area (Å²) in [6.07, 6.45) is -0.702. The molecule has 0 aromatic heterocycles. The lowest BCUT2D eigenvalue weighted by Crippen LogP contribution is -1.98. The molecule has 0 aliphatic carbocycles. The Morgan fingerprint density at radius 1 is 1.59 bits per heavy atom. The average molecular weight is 257 g/mol. The lowest BCUT2D eigenvalue weighted by atomic mass is 10.1. The number of aliphatic hydroxyl groups excluding tert-OH is 1. The molecule has 0 aliphatic heterocycles. The molecule has 5 nitrogen and oxygen atoms in total. The molecule has 0 unspecified atom stereocenters. The average Bonchev–Trinajstić information content (AvgIpc) is 2.29. The fraction of sp³-hybridized carbons (Fsp3) is 0.455. The van der Waals surface area contributed by atoms with Gasteiger partial charge >= 0.3 is 0 Å². The molecule has 0 aliphatic rings. The van der Waals surface area contributed by atoms with Crippen LogP contribution in [0.5, 0.6) is 0 Å². The summed E-state index contributed by atoms with van der Waals surface area (Å²) < 4.78 is 4.90. The van der Waals surface area contributed by atoms with Gasteiger partial charge in [-0.3, -0.25) is 10.1 Å². The number of nitro benzene ring substituents is 1. The highest BCUT2D eigenvalue weighted by Gasteiger charge is 2.16. The van der Waals surface area contributed by atoms with Crippen LogP contribution >= 0.6 is 11.8 Å². The molecular formula is C11H15NO4S. The van der Waals surface area contributed by atoms with E-state index >= 15 is 0 Å². The van der Waals surface area contributed by atoms with Crippen molar-refractivity contribution in [2.75, 3.05) is 19.5 Å². The molecule has 6 heteroatoms. The number of aliphatic hydroxyl groups is 1. The Kier molecular flexibility index (Phi) is 5.40. The Labute approximate surface area is 104 Å². The Morgan fingerprint density at radius 3 is 2.82 bits per heavy atom. The normalized spacial score (nSPS) is 12.4. The molecule has 1 aromatic rings. The van der Waals surface area contributed by atoms with Crippen molar-refractivity contribution in [3.8, 4) is 0 Å². The first-order valence-corrected chi connectivity index (χ1v) is 6.13. The minimum Gasteiger partial charge on any atom is -0.389 e. The van der Waals surface area contributed by atoms with Gasteiger partial charge in [-0.1, -0.05) is 6.07 Å². The lowest BCUT2D eigenvalue weighted by Gasteiger charge is -2.07. The maximum atomic E-state index is 10.9. The smallest absolute Gasteiger partial charge is 0.283 e. The highest BCUT2D eigenvalue weighted by atomic mass is 32.2. The predicted octanol–water partition coefficient (Wildman–Crippen LogP) is 2.39. The van der Waals surface area contributed by atoms with Crippen molar-refractivity contribution in [1.82, 2.24) is 0 Å². The Bertz CT molecular complexity index is 395. The number of thioether (sulfide) groups is 1. The summed E-state index contributed by atoms with van der Waals surface area (Å²) in [6, 6.07) is 4.78. The van der Waals surface area contributed by atoms with Crippen molar-refractivity contribution in [3.63, 3.8) is 0 Å². The molecule has 0 saturated heterocycles. The van der Waals surface area contributed by atoms with Crippen LogP contribution in [0.15, 0.2) is 23.1 Å². The SMILES string of the molecule is COCCSc1ccc([C@H](C)O)cc1[N+](=O)[O-]. The minimum absolute atomic E-state index is 0.0319. The summed E-state index contributed by atoms with van der Waals surface area (Å²) in [4.78, 5) is 11.1. The number of ether oxygens (including phenoxy) is 1. The van der Waals surface area contributed by atoms with Crippen molar-refractivity contribution in [2.45, 2.75) is 17.9 Å². The molecule has 0 fully saturated rings. The second-order valence-corrected chi connectivity index (χ2v) is 4.64. The number of methoxy groups -OCH3 is 1. The van der Waals surface area contributed by atoms with Gasteiger partial charge in [0.25, 0.3) is 5.69 Å². The van der Waals surface area contributed by atoms with E-state index in [1.807, 2.05) is 0 Å². The van der Waals surface area contributed by atoms with Gasteiger partial charge in [-0.2, -0.15) is 0 Å². The van der Waals surface area contributed by atoms with Gasteiger partial charge < -0.3 is 9.84 Å². The summed E-state index contributed by atoms with van der Waals surface area (Å²) in [6.45, 7) is 2.12. The number of hydrogen-bond donors (Lipinski definition) is 1. The van der Waals surface area contributed by atoms with E-state index in [-0.39, 0.29) is 5.69 Å². The number of rotatable bonds is 6. The Balaban J connectivity index is 2.92. The third-order valence-electron chi connectivity index (χ3n) is 2.21. The molecule has 1 rings (SSSR count). The summed E-state index contributed by atoms with van der Waals surface area (Å²) in [5.74, 6) is 0.658. The molecule has 0 bridgehead atoms. The van der Waals surface area contributed by atoms with E-state index in [0.29, 0.717) is 22.8 Å². The van der Waals surface area contributed by atoms with Gasteiger partial charge in [0.15, 0.2) is 0 Å². The maximum absolute atomic E-state index is 10.9. The van der Waals surface area contributed by atoms with Crippen LogP contribution in [0.4, 0.5) is 5.69 Å². The molecule has 1 N–H and O–H groups in total. The Hall–Kier alpha value is -1.11. The van der Waals surface area contributed by atoms with E-state index in [1.165, 1.54) is 17.8 Å². The molecule has 0 radical (unpaired) electrons. The lowest BCUT2D eigenvalue weighted by molar-refractivity contribution is -0.387. The minimum atomic E-state index is -0.702. The molecule has 94 valence electrons. The monoisotopic (exact) mass is 257 g/mol. The zero-order chi connectivity index (χ0) is 12.8. The highest BCUT2D eigenvalue weighted by molar-refractivity contribution is 7.99. The molecule has 1 aromatic carbocycles. The van der Waals surface area contributed by atoms with Crippen LogP contribution in [-0.2, 0) is 4.74 Å². The van der Waals surface area contributed by atoms with E-state index in [1.54, 1.807) is 26.2 Å². The van der Waals surface area contributed by atoms with Crippen LogP contribution < -0.4 is 0 Å². The quantitative estimate of drug-likeness (QED) is 0.366. The first-order valence-electron chi connectivity index (χ1n) is 5.14. The third kappa shape index (κ3) is 3.99. The fourth-order valence-corrected chi connectivity index (χ4v) is 2.21. The van der Waals surface area contributed by atoms with Crippen LogP contribution in [0.25, 0.3) is 0 Å². The molecule has 0 amide bonds. The van der Waals surface area contributed by atoms with Gasteiger partial charge in [0.2, 0.25) is 0 Å². The first-order chi connectivity index (χ1) is 8.06. The topological polar surface area (TPSA) is 72.6 Å². The largest absolute Gasteiger partial charge is 0.389 e. The number of hydrogen-bond acceptors (Lipinski definition) is 5. The van der Waals surface area contributed by atoms with E-state index in [2.05, 4.69) is 0 Å². The van der Waals surface area contributed by atoms with E-state index < -0.39 is 11.0 Å². The molecular weight excluding hydrogens is 242 g/mol. The Morgan fingerprint density at radius 2 is 2.29 bits per heavy atom. The second-order valence-electron chi connectivity index (χ2n) is 3.50. The summed E-state index contributed by atoms with van der Waals surface area (Å²) in [5.41, 5.74) is 0.581. The molecule has 17 heavy (non-hydrogen) atoms. The number of nitro groups is 1. The van der Waals surface area contributed by atoms with Gasteiger partial charge in [-0.15, -0.1) is 11.8 Å². The van der Waals surface area contributed by atoms with Gasteiger partial charge in [-0.05, 0) is 18.6 Å². The summed E-state index contributed by atoms with van der Waals surface area (Å²) in [7, 11) is 1.59. The summed E-state index contributed by atoms with van der Waals surface area (Å²) in [5, 5.41) is 20.3. The third-order valence-corrected chi connectivity index (χ3v) is 3.23. The van der Waals surface area contributed by atoms with E-state index in [0.717, 1.165) is 0 Å². The molecule has 0 heterocycles. The van der Waals surface area contributed by atoms with Gasteiger partial charge in [0.1, 0.15) is 0 Å². The van der Waals surface area contributed by atoms with Crippen LogP contribution in [-0.4, -0.2) is 29.5 Å². The second kappa shape index (κ2) is 6.58. The molecule has 0 saturated carbocycles.